The second-order valence-corrected chi connectivity index (χ2v) is 4.19. The fourth-order valence-electron chi connectivity index (χ4n) is 1.30. The molecule has 0 atom stereocenters. The maximum Gasteiger partial charge on any atom is 0.313 e. The Bertz CT molecular complexity index is 482. The molecule has 1 aromatic carbocycles. The second-order valence-electron chi connectivity index (χ2n) is 3.79. The van der Waals surface area contributed by atoms with Gasteiger partial charge in [-0.1, -0.05) is 11.6 Å². The fourth-order valence-corrected chi connectivity index (χ4v) is 1.53. The van der Waals surface area contributed by atoms with Gasteiger partial charge in [0.1, 0.15) is 0 Å². The molecule has 0 spiro atoms. The smallest absolute Gasteiger partial charge is 0.313 e. The molecule has 0 radical (unpaired) electrons. The molecule has 0 aliphatic heterocycles. The number of halogens is 1. The highest BCUT2D eigenvalue weighted by molar-refractivity contribution is 6.41. The van der Waals surface area contributed by atoms with Gasteiger partial charge in [0, 0.05) is 12.2 Å². The number of nitrogens with one attached hydrogen (secondary N) is 2. The van der Waals surface area contributed by atoms with Crippen LogP contribution in [-0.2, 0) is 14.3 Å². The third-order valence-electron chi connectivity index (χ3n) is 2.22. The molecule has 5 N–H and O–H groups in total. The number of amides is 2. The molecule has 1 aromatic rings. The molecule has 1 rings (SSSR count). The van der Waals surface area contributed by atoms with Crippen LogP contribution in [0.1, 0.15) is 0 Å². The molecule has 0 unspecified atom stereocenters. The van der Waals surface area contributed by atoms with E-state index in [0.29, 0.717) is 11.4 Å². The molecule has 0 aliphatic rings. The number of nitrogens with two attached hydrogens (primary N) is 1. The summed E-state index contributed by atoms with van der Waals surface area (Å²) >= 11 is 5.87. The lowest BCUT2D eigenvalue weighted by molar-refractivity contribution is -0.136. The topological polar surface area (TPSA) is 114 Å². The zero-order chi connectivity index (χ0) is 15.0. The lowest BCUT2D eigenvalue weighted by atomic mass is 10.3. The van der Waals surface area contributed by atoms with Gasteiger partial charge in [0.2, 0.25) is 0 Å². The van der Waals surface area contributed by atoms with Crippen LogP contribution in [0, 0.1) is 0 Å². The fraction of sp³-hybridized carbons (Fsp3) is 0.333. The molecule has 0 saturated heterocycles. The molecule has 0 saturated carbocycles. The maximum absolute atomic E-state index is 11.6. The molecule has 0 fully saturated rings. The van der Waals surface area contributed by atoms with E-state index in [1.807, 2.05) is 0 Å². The van der Waals surface area contributed by atoms with Crippen molar-refractivity contribution in [1.29, 1.82) is 0 Å². The SMILES string of the molecule is Nc1ccc(NC(=O)C(=O)NCCOCCO)c(Cl)c1. The first-order chi connectivity index (χ1) is 9.54. The van der Waals surface area contributed by atoms with E-state index in [9.17, 15) is 9.59 Å². The van der Waals surface area contributed by atoms with Gasteiger partial charge in [0.25, 0.3) is 0 Å². The number of aliphatic hydroxyl groups is 1. The van der Waals surface area contributed by atoms with Crippen LogP contribution in [0.3, 0.4) is 0 Å². The number of benzene rings is 1. The molecule has 0 bridgehead atoms. The number of nitrogen functional groups attached to an aromatic ring is 1. The predicted octanol–water partition coefficient (Wildman–Crippen LogP) is -0.0142. The summed E-state index contributed by atoms with van der Waals surface area (Å²) in [5.74, 6) is -1.63. The monoisotopic (exact) mass is 301 g/mol. The third-order valence-corrected chi connectivity index (χ3v) is 2.53. The van der Waals surface area contributed by atoms with Crippen LogP contribution in [0.25, 0.3) is 0 Å². The summed E-state index contributed by atoms with van der Waals surface area (Å²) in [5.41, 5.74) is 6.28. The van der Waals surface area contributed by atoms with Crippen molar-refractivity contribution in [3.63, 3.8) is 0 Å². The summed E-state index contributed by atoms with van der Waals surface area (Å²) in [5, 5.41) is 13.5. The van der Waals surface area contributed by atoms with Crippen LogP contribution >= 0.6 is 11.6 Å². The van der Waals surface area contributed by atoms with Gasteiger partial charge < -0.3 is 26.2 Å². The molecule has 0 aromatic heterocycles. The Morgan fingerprint density at radius 3 is 2.70 bits per heavy atom. The van der Waals surface area contributed by atoms with E-state index in [-0.39, 0.29) is 31.4 Å². The van der Waals surface area contributed by atoms with Crippen molar-refractivity contribution in [2.24, 2.45) is 0 Å². The van der Waals surface area contributed by atoms with Gasteiger partial charge in [-0.05, 0) is 18.2 Å². The maximum atomic E-state index is 11.6. The van der Waals surface area contributed by atoms with Crippen LogP contribution < -0.4 is 16.4 Å². The van der Waals surface area contributed by atoms with E-state index in [0.717, 1.165) is 0 Å². The first-order valence-corrected chi connectivity index (χ1v) is 6.25. The normalized spacial score (nSPS) is 10.1. The number of hydrogen-bond donors (Lipinski definition) is 4. The molecular weight excluding hydrogens is 286 g/mol. The summed E-state index contributed by atoms with van der Waals surface area (Å²) in [6.45, 7) is 0.469. The molecule has 20 heavy (non-hydrogen) atoms. The van der Waals surface area contributed by atoms with Crippen LogP contribution in [0.5, 0.6) is 0 Å². The van der Waals surface area contributed by atoms with E-state index < -0.39 is 11.8 Å². The van der Waals surface area contributed by atoms with Crippen molar-refractivity contribution in [3.05, 3.63) is 23.2 Å². The average Bonchev–Trinajstić information content (AvgIpc) is 2.41. The lowest BCUT2D eigenvalue weighted by Crippen LogP contribution is -2.37. The van der Waals surface area contributed by atoms with Gasteiger partial charge in [-0.25, -0.2) is 0 Å². The van der Waals surface area contributed by atoms with Gasteiger partial charge in [-0.2, -0.15) is 0 Å². The van der Waals surface area contributed by atoms with Gasteiger partial charge >= 0.3 is 11.8 Å². The number of ether oxygens (including phenoxy) is 1. The second kappa shape index (κ2) is 8.36. The third kappa shape index (κ3) is 5.43. The highest BCUT2D eigenvalue weighted by atomic mass is 35.5. The minimum atomic E-state index is -0.834. The molecule has 7 nitrogen and oxygen atoms in total. The Balaban J connectivity index is 2.39. The molecular formula is C12H16ClN3O4. The molecule has 0 aliphatic carbocycles. The van der Waals surface area contributed by atoms with Gasteiger partial charge in [0.15, 0.2) is 0 Å². The van der Waals surface area contributed by atoms with Crippen LogP contribution in [0.2, 0.25) is 5.02 Å². The molecule has 110 valence electrons. The van der Waals surface area contributed by atoms with Crippen molar-refractivity contribution in [2.45, 2.75) is 0 Å². The first-order valence-electron chi connectivity index (χ1n) is 5.87. The number of hydrogen-bond acceptors (Lipinski definition) is 5. The van der Waals surface area contributed by atoms with Crippen molar-refractivity contribution in [1.82, 2.24) is 5.32 Å². The highest BCUT2D eigenvalue weighted by Gasteiger charge is 2.14. The minimum absolute atomic E-state index is 0.0932. The summed E-state index contributed by atoms with van der Waals surface area (Å²) in [4.78, 5) is 23.0. The Morgan fingerprint density at radius 2 is 2.05 bits per heavy atom. The highest BCUT2D eigenvalue weighted by Crippen LogP contribution is 2.23. The largest absolute Gasteiger partial charge is 0.399 e. The quantitative estimate of drug-likeness (QED) is 0.335. The van der Waals surface area contributed by atoms with E-state index >= 15 is 0 Å². The summed E-state index contributed by atoms with van der Waals surface area (Å²) < 4.78 is 4.93. The Hall–Kier alpha value is -1.83. The molecule has 8 heteroatoms. The van der Waals surface area contributed by atoms with Gasteiger partial charge in [-0.15, -0.1) is 0 Å². The van der Waals surface area contributed by atoms with Crippen molar-refractivity contribution >= 4 is 34.8 Å². The number of aliphatic hydroxyl groups excluding tert-OH is 1. The van der Waals surface area contributed by atoms with Crippen molar-refractivity contribution in [3.8, 4) is 0 Å². The average molecular weight is 302 g/mol. The number of anilines is 2. The minimum Gasteiger partial charge on any atom is -0.399 e. The zero-order valence-corrected chi connectivity index (χ0v) is 11.4. The number of carbonyl (C=O) groups excluding carboxylic acids is 2. The van der Waals surface area contributed by atoms with E-state index in [2.05, 4.69) is 10.6 Å². The number of carbonyl (C=O) groups is 2. The Labute approximate surface area is 121 Å². The van der Waals surface area contributed by atoms with Crippen LogP contribution in [0.15, 0.2) is 18.2 Å². The van der Waals surface area contributed by atoms with E-state index in [4.69, 9.17) is 27.2 Å². The lowest BCUT2D eigenvalue weighted by Gasteiger charge is -2.08. The van der Waals surface area contributed by atoms with Gasteiger partial charge in [-0.3, -0.25) is 9.59 Å². The summed E-state index contributed by atoms with van der Waals surface area (Å²) in [6.07, 6.45) is 0. The molecule has 2 amide bonds. The Morgan fingerprint density at radius 1 is 1.30 bits per heavy atom. The van der Waals surface area contributed by atoms with Crippen LogP contribution in [-0.4, -0.2) is 43.3 Å². The number of rotatable bonds is 6. The van der Waals surface area contributed by atoms with Gasteiger partial charge in [0.05, 0.1) is 30.5 Å². The van der Waals surface area contributed by atoms with E-state index in [1.54, 1.807) is 6.07 Å². The summed E-state index contributed by atoms with van der Waals surface area (Å²) in [7, 11) is 0. The van der Waals surface area contributed by atoms with E-state index in [1.165, 1.54) is 12.1 Å². The standard InChI is InChI=1S/C12H16ClN3O4/c13-9-7-8(14)1-2-10(9)16-12(19)11(18)15-3-5-20-6-4-17/h1-2,7,17H,3-6,14H2,(H,15,18)(H,16,19). The molecule has 0 heterocycles. The van der Waals surface area contributed by atoms with Crippen molar-refractivity contribution in [2.75, 3.05) is 37.4 Å². The van der Waals surface area contributed by atoms with Crippen LogP contribution in [0.4, 0.5) is 11.4 Å². The summed E-state index contributed by atoms with van der Waals surface area (Å²) in [6, 6.07) is 4.53. The first kappa shape index (κ1) is 16.2. The predicted molar refractivity (Wildman–Crippen MR) is 75.4 cm³/mol. The van der Waals surface area contributed by atoms with Crippen molar-refractivity contribution < 1.29 is 19.4 Å². The zero-order valence-electron chi connectivity index (χ0n) is 10.7. The Kier molecular flexibility index (Phi) is 6.78.